The molecule has 3 rings (SSSR count). The third-order valence-corrected chi connectivity index (χ3v) is 4.69. The van der Waals surface area contributed by atoms with Crippen LogP contribution >= 0.6 is 0 Å². The van der Waals surface area contributed by atoms with Crippen molar-refractivity contribution >= 4 is 23.8 Å². The minimum atomic E-state index is -1.72. The standard InChI is InChI=1S/C21H21BN6O3.Re/c1-10-7-23-16(13(4)26-10)19(29)22(20(30)17-14(5)27-11(2)8-24-17)21(31)18-15(6)28-12(3)9-25-18;/h7-9H,1-6H3;. The van der Waals surface area contributed by atoms with E-state index in [1.54, 1.807) is 41.5 Å². The Morgan fingerprint density at radius 1 is 0.562 bits per heavy atom. The van der Waals surface area contributed by atoms with Gasteiger partial charge in [-0.05, 0) is 41.5 Å². The van der Waals surface area contributed by atoms with Gasteiger partial charge >= 0.3 is 6.71 Å². The summed E-state index contributed by atoms with van der Waals surface area (Å²) in [5.41, 5.74) is 0.400. The Morgan fingerprint density at radius 3 is 1.03 bits per heavy atom. The van der Waals surface area contributed by atoms with E-state index in [9.17, 15) is 14.4 Å². The van der Waals surface area contributed by atoms with E-state index >= 15 is 0 Å². The summed E-state index contributed by atoms with van der Waals surface area (Å²) in [4.78, 5) is 65.4. The maximum absolute atomic E-state index is 13.4. The normalized spacial score (nSPS) is 10.3. The molecule has 0 unspecified atom stereocenters. The van der Waals surface area contributed by atoms with Crippen LogP contribution in [0.5, 0.6) is 0 Å². The van der Waals surface area contributed by atoms with E-state index in [0.29, 0.717) is 34.2 Å². The Balaban J connectivity index is 0.00000363. The maximum atomic E-state index is 13.4. The first kappa shape index (κ1) is 25.2. The molecule has 0 saturated heterocycles. The zero-order chi connectivity index (χ0) is 22.9. The number of rotatable bonds is 6. The molecule has 11 heteroatoms. The molecule has 3 aromatic heterocycles. The van der Waals surface area contributed by atoms with E-state index in [-0.39, 0.29) is 37.5 Å². The first-order chi connectivity index (χ1) is 14.6. The average molecular weight is 602 g/mol. The monoisotopic (exact) mass is 603 g/mol. The quantitative estimate of drug-likeness (QED) is 0.389. The largest absolute Gasteiger partial charge is 0.401 e. The van der Waals surface area contributed by atoms with Gasteiger partial charge in [-0.2, -0.15) is 0 Å². The molecule has 0 aliphatic heterocycles. The van der Waals surface area contributed by atoms with Crippen molar-refractivity contribution in [3.05, 3.63) is 69.8 Å². The molecule has 9 nitrogen and oxygen atoms in total. The zero-order valence-corrected chi connectivity index (χ0v) is 21.3. The predicted octanol–water partition coefficient (Wildman–Crippen LogP) is 1.97. The number of nitrogens with zero attached hydrogens (tertiary/aromatic N) is 6. The first-order valence-electron chi connectivity index (χ1n) is 9.63. The van der Waals surface area contributed by atoms with Gasteiger partial charge < -0.3 is 14.4 Å². The van der Waals surface area contributed by atoms with E-state index in [1.165, 1.54) is 18.6 Å². The van der Waals surface area contributed by atoms with Crippen LogP contribution in [0.3, 0.4) is 0 Å². The first-order valence-corrected chi connectivity index (χ1v) is 9.63. The van der Waals surface area contributed by atoms with Gasteiger partial charge in [0.25, 0.3) is 0 Å². The second-order valence-corrected chi connectivity index (χ2v) is 7.36. The molecular weight excluding hydrogens is 581 g/mol. The van der Waals surface area contributed by atoms with Gasteiger partial charge in [0.15, 0.2) is 17.0 Å². The molecule has 0 atom stereocenters. The van der Waals surface area contributed by atoms with Crippen LogP contribution in [-0.2, 0) is 20.4 Å². The van der Waals surface area contributed by atoms with Crippen molar-refractivity contribution in [3.63, 3.8) is 0 Å². The van der Waals surface area contributed by atoms with Crippen LogP contribution in [-0.4, -0.2) is 53.7 Å². The molecule has 32 heavy (non-hydrogen) atoms. The molecule has 0 saturated carbocycles. The summed E-state index contributed by atoms with van der Waals surface area (Å²) in [5, 5.41) is 0. The Labute approximate surface area is 199 Å². The molecule has 0 aliphatic carbocycles. The summed E-state index contributed by atoms with van der Waals surface area (Å²) in [7, 11) is 0. The molecule has 0 aliphatic rings. The van der Waals surface area contributed by atoms with E-state index in [2.05, 4.69) is 29.9 Å². The predicted molar refractivity (Wildman–Crippen MR) is 113 cm³/mol. The Hall–Kier alpha value is -3.02. The van der Waals surface area contributed by atoms with E-state index < -0.39 is 23.8 Å². The summed E-state index contributed by atoms with van der Waals surface area (Å²) in [6.07, 6.45) is 4.25. The van der Waals surface area contributed by atoms with Crippen LogP contribution in [0.1, 0.15) is 65.6 Å². The van der Waals surface area contributed by atoms with Gasteiger partial charge in [0, 0.05) is 39.0 Å². The molecule has 3 heterocycles. The van der Waals surface area contributed by atoms with Crippen LogP contribution in [0.15, 0.2) is 18.6 Å². The molecule has 0 fully saturated rings. The van der Waals surface area contributed by atoms with Crippen LogP contribution in [0.25, 0.3) is 0 Å². The molecule has 1 radical (unpaired) electrons. The van der Waals surface area contributed by atoms with Crippen molar-refractivity contribution < 1.29 is 34.8 Å². The second-order valence-electron chi connectivity index (χ2n) is 7.36. The van der Waals surface area contributed by atoms with Crippen LogP contribution in [0.4, 0.5) is 0 Å². The smallest absolute Gasteiger partial charge is 0.303 e. The molecule has 0 spiro atoms. The number of carbonyl (C=O) groups excluding carboxylic acids is 3. The third kappa shape index (κ3) is 5.06. The molecule has 0 N–H and O–H groups in total. The molecular formula is C21H21BN6O3Re. The van der Waals surface area contributed by atoms with Gasteiger partial charge in [-0.1, -0.05) is 0 Å². The maximum Gasteiger partial charge on any atom is 0.401 e. The molecule has 0 bridgehead atoms. The topological polar surface area (TPSA) is 129 Å². The fraction of sp³-hybridized carbons (Fsp3) is 0.286. The molecule has 0 amide bonds. The summed E-state index contributed by atoms with van der Waals surface area (Å²) in [6, 6.07) is 0. The van der Waals surface area contributed by atoms with Crippen LogP contribution in [0, 0.1) is 41.5 Å². The van der Waals surface area contributed by atoms with Crippen molar-refractivity contribution in [2.45, 2.75) is 41.5 Å². The minimum absolute atomic E-state index is 0. The van der Waals surface area contributed by atoms with Crippen LogP contribution in [0.2, 0.25) is 0 Å². The Bertz CT molecular complexity index is 1080. The van der Waals surface area contributed by atoms with Crippen molar-refractivity contribution in [2.24, 2.45) is 0 Å². The number of carbonyl (C=O) groups is 3. The number of hydrogen-bond donors (Lipinski definition) is 0. The van der Waals surface area contributed by atoms with Crippen molar-refractivity contribution in [3.8, 4) is 0 Å². The molecule has 0 aromatic carbocycles. The van der Waals surface area contributed by atoms with E-state index in [1.807, 2.05) is 0 Å². The third-order valence-electron chi connectivity index (χ3n) is 4.69. The minimum Gasteiger partial charge on any atom is -0.303 e. The Kier molecular flexibility index (Phi) is 7.94. The number of aryl methyl sites for hydroxylation is 6. The van der Waals surface area contributed by atoms with Crippen molar-refractivity contribution in [2.75, 3.05) is 0 Å². The molecule has 163 valence electrons. The SMILES string of the molecule is Cc1cnc(C(=O)B(C(=O)c2ncc(C)nc2C)C(=O)c2ncc(C)nc2C)c(C)n1.[Re]. The fourth-order valence-electron chi connectivity index (χ4n) is 3.29. The van der Waals surface area contributed by atoms with E-state index in [0.717, 1.165) is 0 Å². The molecule has 3 aromatic rings. The van der Waals surface area contributed by atoms with Gasteiger partial charge in [-0.15, -0.1) is 0 Å². The summed E-state index contributed by atoms with van der Waals surface area (Å²) in [5.74, 6) is 0. The van der Waals surface area contributed by atoms with Gasteiger partial charge in [0.2, 0.25) is 0 Å². The zero-order valence-electron chi connectivity index (χ0n) is 18.6. The fourth-order valence-corrected chi connectivity index (χ4v) is 3.29. The average Bonchev–Trinajstić information content (AvgIpc) is 2.67. The summed E-state index contributed by atoms with van der Waals surface area (Å²) < 4.78 is 0. The second kappa shape index (κ2) is 10.1. The Morgan fingerprint density at radius 2 is 0.812 bits per heavy atom. The van der Waals surface area contributed by atoms with Crippen LogP contribution < -0.4 is 0 Å². The van der Waals surface area contributed by atoms with E-state index in [4.69, 9.17) is 0 Å². The summed E-state index contributed by atoms with van der Waals surface area (Å²) >= 11 is 0. The number of aromatic nitrogens is 6. The van der Waals surface area contributed by atoms with Crippen molar-refractivity contribution in [1.29, 1.82) is 0 Å². The number of hydrogen-bond acceptors (Lipinski definition) is 9. The van der Waals surface area contributed by atoms with Gasteiger partial charge in [0.05, 0.1) is 34.2 Å². The van der Waals surface area contributed by atoms with Crippen molar-refractivity contribution in [1.82, 2.24) is 29.9 Å². The van der Waals surface area contributed by atoms with Gasteiger partial charge in [0.1, 0.15) is 17.1 Å². The van der Waals surface area contributed by atoms with Gasteiger partial charge in [-0.3, -0.25) is 29.9 Å². The summed E-state index contributed by atoms with van der Waals surface area (Å²) in [6.45, 7) is 8.30. The van der Waals surface area contributed by atoms with Gasteiger partial charge in [-0.25, -0.2) is 0 Å².